The zero-order chi connectivity index (χ0) is 32.0. The number of methoxy groups -OCH3 is 1. The highest BCUT2D eigenvalue weighted by molar-refractivity contribution is 7.15. The fourth-order valence-electron chi connectivity index (χ4n) is 5.87. The van der Waals surface area contributed by atoms with Gasteiger partial charge in [-0.1, -0.05) is 30.3 Å². The number of amides is 1. The molecule has 4 heterocycles. The average Bonchev–Trinajstić information content (AvgIpc) is 3.72. The quantitative estimate of drug-likeness (QED) is 0.151. The monoisotopic (exact) mass is 644 g/mol. The van der Waals surface area contributed by atoms with Crippen molar-refractivity contribution in [2.75, 3.05) is 62.0 Å². The summed E-state index contributed by atoms with van der Waals surface area (Å²) in [5, 5.41) is 8.41. The molecule has 1 amide bonds. The maximum absolute atomic E-state index is 12.8. The first-order valence-electron chi connectivity index (χ1n) is 15.7. The van der Waals surface area contributed by atoms with Gasteiger partial charge in [0.25, 0.3) is 5.91 Å². The number of thiazole rings is 1. The highest BCUT2D eigenvalue weighted by atomic mass is 32.1. The molecular formula is C36H36N8O2S. The Bertz CT molecular complexity index is 1950. The van der Waals surface area contributed by atoms with Crippen LogP contribution in [0.4, 0.5) is 23.0 Å². The van der Waals surface area contributed by atoms with Crippen molar-refractivity contribution in [3.63, 3.8) is 0 Å². The Morgan fingerprint density at radius 2 is 1.74 bits per heavy atom. The molecule has 0 radical (unpaired) electrons. The molecule has 3 aromatic heterocycles. The van der Waals surface area contributed by atoms with Gasteiger partial charge < -0.3 is 20.3 Å². The van der Waals surface area contributed by atoms with E-state index < -0.39 is 0 Å². The van der Waals surface area contributed by atoms with Gasteiger partial charge >= 0.3 is 0 Å². The molecule has 1 aliphatic heterocycles. The third-order valence-corrected chi connectivity index (χ3v) is 9.03. The van der Waals surface area contributed by atoms with E-state index in [4.69, 9.17) is 14.7 Å². The zero-order valence-corrected chi connectivity index (χ0v) is 27.0. The van der Waals surface area contributed by atoms with Crippen LogP contribution in [0.1, 0.15) is 16.8 Å². The second-order valence-electron chi connectivity index (χ2n) is 11.4. The second kappa shape index (κ2) is 14.1. The lowest BCUT2D eigenvalue weighted by molar-refractivity contribution is 0.102. The number of rotatable bonds is 11. The van der Waals surface area contributed by atoms with Gasteiger partial charge in [-0.05, 0) is 61.0 Å². The van der Waals surface area contributed by atoms with E-state index in [9.17, 15) is 4.79 Å². The van der Waals surface area contributed by atoms with Crippen molar-refractivity contribution in [1.29, 1.82) is 0 Å². The van der Waals surface area contributed by atoms with Gasteiger partial charge in [-0.15, -0.1) is 11.3 Å². The summed E-state index contributed by atoms with van der Waals surface area (Å²) >= 11 is 1.56. The molecule has 0 spiro atoms. The van der Waals surface area contributed by atoms with E-state index >= 15 is 0 Å². The van der Waals surface area contributed by atoms with Gasteiger partial charge in [0.1, 0.15) is 5.69 Å². The molecular weight excluding hydrogens is 609 g/mol. The van der Waals surface area contributed by atoms with Crippen LogP contribution in [0.25, 0.3) is 27.6 Å². The molecule has 0 unspecified atom stereocenters. The summed E-state index contributed by atoms with van der Waals surface area (Å²) in [7, 11) is 1.76. The number of hydrogen-bond donors (Lipinski definition) is 2. The Morgan fingerprint density at radius 1 is 0.915 bits per heavy atom. The van der Waals surface area contributed by atoms with Crippen LogP contribution in [0.5, 0.6) is 0 Å². The Kier molecular flexibility index (Phi) is 9.18. The summed E-state index contributed by atoms with van der Waals surface area (Å²) in [6, 6.07) is 27.3. The van der Waals surface area contributed by atoms with Gasteiger partial charge in [0.2, 0.25) is 5.95 Å². The number of fused-ring (bicyclic) bond motifs is 1. The molecule has 2 N–H and O–H groups in total. The molecule has 1 saturated heterocycles. The topological polar surface area (TPSA) is 99.9 Å². The number of benzene rings is 3. The Balaban J connectivity index is 1.08. The first-order chi connectivity index (χ1) is 23.1. The molecule has 7 rings (SSSR count). The van der Waals surface area contributed by atoms with Crippen LogP contribution in [0.3, 0.4) is 0 Å². The SMILES string of the molecule is COCCCN1CCN(c2ccc(Nc3nccc(-c4c(-c5cccc(NC(=O)c6ccccc6)c5)nc5sccn45)n3)cc2)CC1. The van der Waals surface area contributed by atoms with Crippen molar-refractivity contribution in [2.24, 2.45) is 0 Å². The molecule has 10 nitrogen and oxygen atoms in total. The Hall–Kier alpha value is -5.10. The van der Waals surface area contributed by atoms with E-state index in [2.05, 4.69) is 49.7 Å². The molecule has 3 aromatic carbocycles. The van der Waals surface area contributed by atoms with E-state index in [1.54, 1.807) is 36.8 Å². The van der Waals surface area contributed by atoms with E-state index in [0.29, 0.717) is 17.2 Å². The molecule has 238 valence electrons. The van der Waals surface area contributed by atoms with Crippen LogP contribution in [0.2, 0.25) is 0 Å². The molecule has 1 fully saturated rings. The highest BCUT2D eigenvalue weighted by Gasteiger charge is 2.20. The van der Waals surface area contributed by atoms with Crippen LogP contribution in [-0.4, -0.2) is 76.6 Å². The number of ether oxygens (including phenoxy) is 1. The molecule has 0 bridgehead atoms. The third kappa shape index (κ3) is 7.02. The minimum Gasteiger partial charge on any atom is -0.385 e. The van der Waals surface area contributed by atoms with Gasteiger partial charge in [-0.3, -0.25) is 14.1 Å². The number of aromatic nitrogens is 4. The van der Waals surface area contributed by atoms with Crippen molar-refractivity contribution in [3.05, 3.63) is 108 Å². The summed E-state index contributed by atoms with van der Waals surface area (Å²) in [6.45, 7) is 6.04. The number of carbonyl (C=O) groups excluding carboxylic acids is 1. The number of imidazole rings is 1. The van der Waals surface area contributed by atoms with Gasteiger partial charge in [-0.2, -0.15) is 0 Å². The van der Waals surface area contributed by atoms with E-state index in [-0.39, 0.29) is 5.91 Å². The van der Waals surface area contributed by atoms with Crippen LogP contribution in [0, 0.1) is 0 Å². The van der Waals surface area contributed by atoms with Gasteiger partial charge in [0.15, 0.2) is 4.96 Å². The lowest BCUT2D eigenvalue weighted by Gasteiger charge is -2.36. The van der Waals surface area contributed by atoms with Crippen molar-refractivity contribution >= 4 is 45.2 Å². The number of piperazine rings is 1. The summed E-state index contributed by atoms with van der Waals surface area (Å²) < 4.78 is 7.25. The average molecular weight is 645 g/mol. The third-order valence-electron chi connectivity index (χ3n) is 8.27. The van der Waals surface area contributed by atoms with Gasteiger partial charge in [0.05, 0.1) is 11.4 Å². The minimum absolute atomic E-state index is 0.162. The van der Waals surface area contributed by atoms with Crippen LogP contribution < -0.4 is 15.5 Å². The first kappa shape index (κ1) is 30.5. The normalized spacial score (nSPS) is 13.6. The summed E-state index contributed by atoms with van der Waals surface area (Å²) in [5.74, 6) is 0.338. The minimum atomic E-state index is -0.162. The van der Waals surface area contributed by atoms with Crippen LogP contribution >= 0.6 is 11.3 Å². The van der Waals surface area contributed by atoms with Crippen molar-refractivity contribution in [2.45, 2.75) is 6.42 Å². The molecule has 1 aliphatic rings. The van der Waals surface area contributed by atoms with E-state index in [1.807, 2.05) is 64.5 Å². The fourth-order valence-corrected chi connectivity index (χ4v) is 6.58. The largest absolute Gasteiger partial charge is 0.385 e. The molecule has 0 atom stereocenters. The maximum atomic E-state index is 12.8. The highest BCUT2D eigenvalue weighted by Crippen LogP contribution is 2.35. The zero-order valence-electron chi connectivity index (χ0n) is 26.2. The summed E-state index contributed by atoms with van der Waals surface area (Å²) in [6.07, 6.45) is 4.83. The molecule has 0 saturated carbocycles. The van der Waals surface area contributed by atoms with E-state index in [0.717, 1.165) is 79.0 Å². The number of anilines is 4. The van der Waals surface area contributed by atoms with Crippen LogP contribution in [0.15, 0.2) is 103 Å². The molecule has 6 aromatic rings. The summed E-state index contributed by atoms with van der Waals surface area (Å²) in [4.78, 5) is 33.0. The summed E-state index contributed by atoms with van der Waals surface area (Å²) in [5.41, 5.74) is 6.67. The van der Waals surface area contributed by atoms with Crippen molar-refractivity contribution in [1.82, 2.24) is 24.3 Å². The lowest BCUT2D eigenvalue weighted by Crippen LogP contribution is -2.46. The predicted molar refractivity (Wildman–Crippen MR) is 189 cm³/mol. The van der Waals surface area contributed by atoms with Crippen LogP contribution in [-0.2, 0) is 4.74 Å². The van der Waals surface area contributed by atoms with Gasteiger partial charge in [0, 0.05) is 92.4 Å². The smallest absolute Gasteiger partial charge is 0.255 e. The first-order valence-corrected chi connectivity index (χ1v) is 16.6. The maximum Gasteiger partial charge on any atom is 0.255 e. The predicted octanol–water partition coefficient (Wildman–Crippen LogP) is 6.67. The molecule has 0 aliphatic carbocycles. The number of carbonyl (C=O) groups is 1. The lowest BCUT2D eigenvalue weighted by atomic mass is 10.1. The molecule has 47 heavy (non-hydrogen) atoms. The van der Waals surface area contributed by atoms with Gasteiger partial charge in [-0.25, -0.2) is 15.0 Å². The second-order valence-corrected chi connectivity index (χ2v) is 12.3. The Morgan fingerprint density at radius 3 is 2.55 bits per heavy atom. The van der Waals surface area contributed by atoms with E-state index in [1.165, 1.54) is 5.69 Å². The number of hydrogen-bond acceptors (Lipinski definition) is 9. The number of nitrogens with zero attached hydrogens (tertiary/aromatic N) is 6. The Labute approximate surface area is 277 Å². The van der Waals surface area contributed by atoms with Crippen molar-refractivity contribution in [3.8, 4) is 22.6 Å². The number of nitrogens with one attached hydrogen (secondary N) is 2. The fraction of sp³-hybridized carbons (Fsp3) is 0.222. The molecule has 11 heteroatoms. The van der Waals surface area contributed by atoms with Crippen molar-refractivity contribution < 1.29 is 9.53 Å². The standard InChI is InChI=1S/C36H36N8O2S/c1-46-23-6-17-42-18-20-43(21-19-42)30-13-11-28(12-14-30)39-35-37-16-15-31(40-35)33-32(41-36-44(33)22-24-47-36)27-9-5-10-29(25-27)38-34(45)26-7-3-2-4-8-26/h2-5,7-16,22,24-25H,6,17-21,23H2,1H3,(H,38,45)(H,37,39,40).